The predicted octanol–water partition coefficient (Wildman–Crippen LogP) is 1.12. The molecule has 0 spiro atoms. The van der Waals surface area contributed by atoms with E-state index in [1.165, 1.54) is 6.42 Å². The second kappa shape index (κ2) is 5.28. The third kappa shape index (κ3) is 4.09. The first-order chi connectivity index (χ1) is 6.92. The second-order valence-electron chi connectivity index (χ2n) is 5.53. The molecule has 3 unspecified atom stereocenters. The summed E-state index contributed by atoms with van der Waals surface area (Å²) in [5.74, 6) is 0.724. The van der Waals surface area contributed by atoms with Crippen molar-refractivity contribution >= 4 is 0 Å². The molecule has 0 amide bonds. The summed E-state index contributed by atoms with van der Waals surface area (Å²) < 4.78 is 0. The van der Waals surface area contributed by atoms with E-state index in [0.29, 0.717) is 12.6 Å². The largest absolute Gasteiger partial charge is 0.387 e. The standard InChI is InChI=1S/C12H26N2O/c1-9(2)14-8-12(4,15)11-7-10(3)5-6-13-11/h9-11,13-15H,5-8H2,1-4H3. The third-order valence-corrected chi connectivity index (χ3v) is 3.28. The Morgan fingerprint density at radius 3 is 2.73 bits per heavy atom. The van der Waals surface area contributed by atoms with E-state index >= 15 is 0 Å². The van der Waals surface area contributed by atoms with Gasteiger partial charge in [-0.05, 0) is 32.2 Å². The molecular formula is C12H26N2O. The maximum atomic E-state index is 10.4. The van der Waals surface area contributed by atoms with Crippen molar-refractivity contribution in [3.8, 4) is 0 Å². The van der Waals surface area contributed by atoms with E-state index in [9.17, 15) is 5.11 Å². The Bertz CT molecular complexity index is 192. The lowest BCUT2D eigenvalue weighted by molar-refractivity contribution is 0.00244. The molecule has 1 rings (SSSR count). The maximum absolute atomic E-state index is 10.4. The lowest BCUT2D eigenvalue weighted by Gasteiger charge is -2.39. The monoisotopic (exact) mass is 214 g/mol. The molecule has 1 fully saturated rings. The molecule has 0 aromatic heterocycles. The van der Waals surface area contributed by atoms with Crippen molar-refractivity contribution in [2.75, 3.05) is 13.1 Å². The van der Waals surface area contributed by atoms with E-state index in [1.807, 2.05) is 6.92 Å². The number of hydrogen-bond donors (Lipinski definition) is 3. The quantitative estimate of drug-likeness (QED) is 0.657. The SMILES string of the molecule is CC1CCNC(C(C)(O)CNC(C)C)C1. The summed E-state index contributed by atoms with van der Waals surface area (Å²) in [6.07, 6.45) is 2.30. The van der Waals surface area contributed by atoms with Crippen molar-refractivity contribution in [2.24, 2.45) is 5.92 Å². The highest BCUT2D eigenvalue weighted by atomic mass is 16.3. The second-order valence-corrected chi connectivity index (χ2v) is 5.53. The zero-order valence-corrected chi connectivity index (χ0v) is 10.5. The molecule has 90 valence electrons. The molecule has 1 saturated heterocycles. The van der Waals surface area contributed by atoms with Gasteiger partial charge in [0, 0.05) is 18.6 Å². The number of nitrogens with one attached hydrogen (secondary N) is 2. The van der Waals surface area contributed by atoms with Crippen LogP contribution in [0, 0.1) is 5.92 Å². The number of piperidine rings is 1. The average Bonchev–Trinajstić information content (AvgIpc) is 2.15. The summed E-state index contributed by atoms with van der Waals surface area (Å²) in [5.41, 5.74) is -0.640. The average molecular weight is 214 g/mol. The van der Waals surface area contributed by atoms with Gasteiger partial charge in [0.15, 0.2) is 0 Å². The molecule has 3 atom stereocenters. The van der Waals surface area contributed by atoms with Crippen LogP contribution in [0.3, 0.4) is 0 Å². The highest BCUT2D eigenvalue weighted by Gasteiger charge is 2.34. The van der Waals surface area contributed by atoms with Crippen molar-refractivity contribution in [3.63, 3.8) is 0 Å². The third-order valence-electron chi connectivity index (χ3n) is 3.28. The van der Waals surface area contributed by atoms with Crippen LogP contribution in [0.25, 0.3) is 0 Å². The maximum Gasteiger partial charge on any atom is 0.0895 e. The van der Waals surface area contributed by atoms with Gasteiger partial charge in [-0.2, -0.15) is 0 Å². The number of hydrogen-bond acceptors (Lipinski definition) is 3. The Hall–Kier alpha value is -0.120. The minimum absolute atomic E-state index is 0.229. The van der Waals surface area contributed by atoms with Gasteiger partial charge in [0.05, 0.1) is 5.60 Å². The molecule has 3 heteroatoms. The smallest absolute Gasteiger partial charge is 0.0895 e. The summed E-state index contributed by atoms with van der Waals surface area (Å²) in [6.45, 7) is 10.1. The van der Waals surface area contributed by atoms with Gasteiger partial charge in [0.2, 0.25) is 0 Å². The molecule has 0 radical (unpaired) electrons. The summed E-state index contributed by atoms with van der Waals surface area (Å²) in [6, 6.07) is 0.657. The van der Waals surface area contributed by atoms with Gasteiger partial charge in [0.1, 0.15) is 0 Å². The first-order valence-electron chi connectivity index (χ1n) is 6.11. The van der Waals surface area contributed by atoms with Crippen LogP contribution in [0.1, 0.15) is 40.5 Å². The van der Waals surface area contributed by atoms with Crippen LogP contribution in [0.4, 0.5) is 0 Å². The lowest BCUT2D eigenvalue weighted by atomic mass is 9.84. The van der Waals surface area contributed by atoms with E-state index in [2.05, 4.69) is 31.4 Å². The van der Waals surface area contributed by atoms with Crippen molar-refractivity contribution < 1.29 is 5.11 Å². The molecule has 1 heterocycles. The summed E-state index contributed by atoms with van der Waals surface area (Å²) >= 11 is 0. The van der Waals surface area contributed by atoms with Gasteiger partial charge in [-0.3, -0.25) is 0 Å². The summed E-state index contributed by atoms with van der Waals surface area (Å²) in [4.78, 5) is 0. The van der Waals surface area contributed by atoms with Crippen LogP contribution < -0.4 is 10.6 Å². The molecule has 0 saturated carbocycles. The molecular weight excluding hydrogens is 188 g/mol. The number of aliphatic hydroxyl groups is 1. The van der Waals surface area contributed by atoms with Crippen LogP contribution in [-0.2, 0) is 0 Å². The highest BCUT2D eigenvalue weighted by Crippen LogP contribution is 2.22. The first kappa shape index (κ1) is 12.9. The van der Waals surface area contributed by atoms with E-state index < -0.39 is 5.60 Å². The Morgan fingerprint density at radius 2 is 2.20 bits per heavy atom. The van der Waals surface area contributed by atoms with Crippen LogP contribution >= 0.6 is 0 Å². The summed E-state index contributed by atoms with van der Waals surface area (Å²) in [7, 11) is 0. The Morgan fingerprint density at radius 1 is 1.53 bits per heavy atom. The zero-order valence-electron chi connectivity index (χ0n) is 10.5. The van der Waals surface area contributed by atoms with E-state index in [4.69, 9.17) is 0 Å². The molecule has 0 aromatic carbocycles. The summed E-state index contributed by atoms with van der Waals surface area (Å²) in [5, 5.41) is 17.1. The van der Waals surface area contributed by atoms with Crippen molar-refractivity contribution in [2.45, 2.75) is 58.2 Å². The molecule has 0 bridgehead atoms. The van der Waals surface area contributed by atoms with Crippen LogP contribution in [0.5, 0.6) is 0 Å². The Balaban J connectivity index is 2.44. The normalized spacial score (nSPS) is 31.6. The highest BCUT2D eigenvalue weighted by molar-refractivity contribution is 4.93. The fourth-order valence-electron chi connectivity index (χ4n) is 2.12. The van der Waals surface area contributed by atoms with E-state index in [0.717, 1.165) is 18.9 Å². The fourth-order valence-corrected chi connectivity index (χ4v) is 2.12. The Kier molecular flexibility index (Phi) is 4.56. The fraction of sp³-hybridized carbons (Fsp3) is 1.00. The van der Waals surface area contributed by atoms with Gasteiger partial charge >= 0.3 is 0 Å². The Labute approximate surface area is 93.6 Å². The van der Waals surface area contributed by atoms with Gasteiger partial charge in [-0.25, -0.2) is 0 Å². The molecule has 3 N–H and O–H groups in total. The molecule has 3 nitrogen and oxygen atoms in total. The predicted molar refractivity (Wildman–Crippen MR) is 64.0 cm³/mol. The van der Waals surface area contributed by atoms with Crippen molar-refractivity contribution in [1.29, 1.82) is 0 Å². The molecule has 15 heavy (non-hydrogen) atoms. The zero-order chi connectivity index (χ0) is 11.5. The van der Waals surface area contributed by atoms with Crippen molar-refractivity contribution in [3.05, 3.63) is 0 Å². The van der Waals surface area contributed by atoms with E-state index in [1.54, 1.807) is 0 Å². The van der Waals surface area contributed by atoms with Crippen LogP contribution in [0.15, 0.2) is 0 Å². The minimum atomic E-state index is -0.640. The topological polar surface area (TPSA) is 44.3 Å². The van der Waals surface area contributed by atoms with Crippen molar-refractivity contribution in [1.82, 2.24) is 10.6 Å². The first-order valence-corrected chi connectivity index (χ1v) is 6.11. The lowest BCUT2D eigenvalue weighted by Crippen LogP contribution is -2.57. The van der Waals surface area contributed by atoms with Gasteiger partial charge in [-0.1, -0.05) is 20.8 Å². The molecule has 0 aromatic rings. The molecule has 1 aliphatic rings. The van der Waals surface area contributed by atoms with Gasteiger partial charge in [0.25, 0.3) is 0 Å². The number of rotatable bonds is 4. The van der Waals surface area contributed by atoms with Gasteiger partial charge < -0.3 is 15.7 Å². The molecule has 0 aliphatic carbocycles. The molecule has 1 aliphatic heterocycles. The minimum Gasteiger partial charge on any atom is -0.387 e. The van der Waals surface area contributed by atoms with E-state index in [-0.39, 0.29) is 6.04 Å². The van der Waals surface area contributed by atoms with Gasteiger partial charge in [-0.15, -0.1) is 0 Å². The van der Waals surface area contributed by atoms with Crippen LogP contribution in [0.2, 0.25) is 0 Å². The van der Waals surface area contributed by atoms with Crippen LogP contribution in [-0.4, -0.2) is 35.9 Å².